The Morgan fingerprint density at radius 1 is 1.11 bits per heavy atom. The first-order valence-corrected chi connectivity index (χ1v) is 11.8. The lowest BCUT2D eigenvalue weighted by Gasteiger charge is -2.32. The molecule has 1 aromatic carbocycles. The number of pyridine rings is 1. The van der Waals surface area contributed by atoms with Gasteiger partial charge in [0.1, 0.15) is 17.6 Å². The van der Waals surface area contributed by atoms with Gasteiger partial charge >= 0.3 is 6.36 Å². The van der Waals surface area contributed by atoms with E-state index in [9.17, 15) is 23.1 Å². The molecule has 1 N–H and O–H groups in total. The average Bonchev–Trinajstić information content (AvgIpc) is 3.22. The van der Waals surface area contributed by atoms with Gasteiger partial charge < -0.3 is 19.6 Å². The zero-order chi connectivity index (χ0) is 25.5. The number of alkyl halides is 3. The standard InChI is InChI=1S/C25H26F3N5O3/c1-24(35)8-11-33(14-24)18-12-20-22(29-13-18)21(31-15-30-20)16-6-9-32(10-7-16)23(34)17-2-4-19(5-3-17)36-25(26,27)28/h2-5,12-13,15-16,35H,6-11,14H2,1H3/t24-/m0/s1. The molecule has 2 fully saturated rings. The van der Waals surface area contributed by atoms with E-state index in [1.807, 2.05) is 13.0 Å². The monoisotopic (exact) mass is 501 g/mol. The molecule has 0 bridgehead atoms. The van der Waals surface area contributed by atoms with E-state index in [1.54, 1.807) is 11.1 Å². The number of rotatable bonds is 4. The number of ether oxygens (including phenoxy) is 1. The molecule has 0 saturated carbocycles. The molecule has 3 aromatic rings. The maximum atomic E-state index is 12.9. The number of aliphatic hydroxyl groups is 1. The van der Waals surface area contributed by atoms with E-state index in [4.69, 9.17) is 0 Å². The van der Waals surface area contributed by atoms with Crippen molar-refractivity contribution in [1.82, 2.24) is 19.9 Å². The third kappa shape index (κ3) is 5.20. The normalized spacial score (nSPS) is 21.2. The summed E-state index contributed by atoms with van der Waals surface area (Å²) in [5.41, 5.74) is 2.83. The van der Waals surface area contributed by atoms with Gasteiger partial charge in [0.05, 0.1) is 28.7 Å². The van der Waals surface area contributed by atoms with E-state index < -0.39 is 12.0 Å². The van der Waals surface area contributed by atoms with E-state index in [2.05, 4.69) is 24.6 Å². The molecule has 5 rings (SSSR count). The number of aromatic nitrogens is 3. The van der Waals surface area contributed by atoms with Crippen molar-refractivity contribution in [2.24, 2.45) is 0 Å². The number of carbonyl (C=O) groups is 1. The van der Waals surface area contributed by atoms with Crippen LogP contribution < -0.4 is 9.64 Å². The average molecular weight is 502 g/mol. The van der Waals surface area contributed by atoms with Crippen molar-refractivity contribution in [3.8, 4) is 5.75 Å². The summed E-state index contributed by atoms with van der Waals surface area (Å²) in [7, 11) is 0. The lowest BCUT2D eigenvalue weighted by atomic mass is 9.92. The van der Waals surface area contributed by atoms with Crippen molar-refractivity contribution in [3.63, 3.8) is 0 Å². The van der Waals surface area contributed by atoms with Crippen molar-refractivity contribution in [3.05, 3.63) is 54.1 Å². The summed E-state index contributed by atoms with van der Waals surface area (Å²) in [5.74, 6) is -0.490. The topological polar surface area (TPSA) is 91.7 Å². The van der Waals surface area contributed by atoms with E-state index >= 15 is 0 Å². The highest BCUT2D eigenvalue weighted by Crippen LogP contribution is 2.33. The highest BCUT2D eigenvalue weighted by molar-refractivity contribution is 5.94. The molecular weight excluding hydrogens is 475 g/mol. The highest BCUT2D eigenvalue weighted by Gasteiger charge is 2.33. The summed E-state index contributed by atoms with van der Waals surface area (Å²) < 4.78 is 41.0. The summed E-state index contributed by atoms with van der Waals surface area (Å²) >= 11 is 0. The van der Waals surface area contributed by atoms with Crippen LogP contribution in [0, 0.1) is 0 Å². The van der Waals surface area contributed by atoms with E-state index in [0.717, 1.165) is 41.1 Å². The van der Waals surface area contributed by atoms with Crippen LogP contribution in [0.5, 0.6) is 5.75 Å². The maximum Gasteiger partial charge on any atom is 0.573 e. The van der Waals surface area contributed by atoms with Gasteiger partial charge in [0, 0.05) is 37.7 Å². The fourth-order valence-electron chi connectivity index (χ4n) is 4.93. The summed E-state index contributed by atoms with van der Waals surface area (Å²) in [6, 6.07) is 6.94. The van der Waals surface area contributed by atoms with Crippen molar-refractivity contribution in [2.45, 2.75) is 44.1 Å². The summed E-state index contributed by atoms with van der Waals surface area (Å²) in [5, 5.41) is 10.3. The first kappa shape index (κ1) is 24.2. The number of benzene rings is 1. The van der Waals surface area contributed by atoms with Crippen LogP contribution in [0.1, 0.15) is 48.2 Å². The van der Waals surface area contributed by atoms with Crippen molar-refractivity contribution >= 4 is 22.6 Å². The Kier molecular flexibility index (Phi) is 6.19. The Hall–Kier alpha value is -3.47. The summed E-state index contributed by atoms with van der Waals surface area (Å²) in [4.78, 5) is 30.2. The SMILES string of the molecule is C[C@]1(O)CCN(c2cnc3c(C4CCN(C(=O)c5ccc(OC(F)(F)F)cc5)CC4)ncnc3c2)C1. The largest absolute Gasteiger partial charge is 0.573 e. The van der Waals surface area contributed by atoms with Gasteiger partial charge in [-0.3, -0.25) is 9.78 Å². The number of halogens is 3. The number of fused-ring (bicyclic) bond motifs is 1. The Morgan fingerprint density at radius 2 is 1.83 bits per heavy atom. The van der Waals surface area contributed by atoms with Crippen LogP contribution in [0.4, 0.5) is 18.9 Å². The van der Waals surface area contributed by atoms with E-state index in [0.29, 0.717) is 44.5 Å². The molecule has 2 saturated heterocycles. The zero-order valence-electron chi connectivity index (χ0n) is 19.7. The van der Waals surface area contributed by atoms with Gasteiger partial charge in [0.15, 0.2) is 0 Å². The summed E-state index contributed by atoms with van der Waals surface area (Å²) in [6.45, 7) is 4.12. The molecule has 0 radical (unpaired) electrons. The molecule has 4 heterocycles. The molecule has 1 amide bonds. The molecule has 36 heavy (non-hydrogen) atoms. The molecule has 1 atom stereocenters. The molecule has 0 spiro atoms. The van der Waals surface area contributed by atoms with Crippen LogP contribution in [-0.2, 0) is 0 Å². The Labute approximate surface area is 205 Å². The minimum Gasteiger partial charge on any atom is -0.406 e. The molecule has 2 aromatic heterocycles. The molecule has 190 valence electrons. The van der Waals surface area contributed by atoms with E-state index in [1.165, 1.54) is 18.5 Å². The van der Waals surface area contributed by atoms with Crippen molar-refractivity contribution < 1.29 is 27.8 Å². The fourth-order valence-corrected chi connectivity index (χ4v) is 4.93. The van der Waals surface area contributed by atoms with Crippen molar-refractivity contribution in [2.75, 3.05) is 31.1 Å². The first-order valence-electron chi connectivity index (χ1n) is 11.8. The number of carbonyl (C=O) groups excluding carboxylic acids is 1. The molecule has 0 aliphatic carbocycles. The third-order valence-electron chi connectivity index (χ3n) is 6.81. The smallest absolute Gasteiger partial charge is 0.406 e. The van der Waals surface area contributed by atoms with Gasteiger partial charge in [0.25, 0.3) is 5.91 Å². The number of anilines is 1. The molecule has 2 aliphatic heterocycles. The number of likely N-dealkylation sites (tertiary alicyclic amines) is 1. The molecule has 2 aliphatic rings. The quantitative estimate of drug-likeness (QED) is 0.580. The molecule has 11 heteroatoms. The van der Waals surface area contributed by atoms with Gasteiger partial charge in [-0.25, -0.2) is 9.97 Å². The van der Waals surface area contributed by atoms with Crippen LogP contribution in [0.25, 0.3) is 11.0 Å². The van der Waals surface area contributed by atoms with Crippen LogP contribution in [0.2, 0.25) is 0 Å². The van der Waals surface area contributed by atoms with E-state index in [-0.39, 0.29) is 17.6 Å². The Bertz CT molecular complexity index is 1260. The summed E-state index contributed by atoms with van der Waals surface area (Å²) in [6.07, 6.45) is 0.622. The number of nitrogens with zero attached hydrogens (tertiary/aromatic N) is 5. The Balaban J connectivity index is 1.25. The number of piperidine rings is 1. The first-order chi connectivity index (χ1) is 17.1. The van der Waals surface area contributed by atoms with Crippen LogP contribution in [-0.4, -0.2) is 69.0 Å². The maximum absolute atomic E-state index is 12.9. The number of hydrogen-bond acceptors (Lipinski definition) is 7. The second kappa shape index (κ2) is 9.20. The molecule has 0 unspecified atom stereocenters. The lowest BCUT2D eigenvalue weighted by Crippen LogP contribution is -2.38. The fraction of sp³-hybridized carbons (Fsp3) is 0.440. The lowest BCUT2D eigenvalue weighted by molar-refractivity contribution is -0.274. The second-order valence-corrected chi connectivity index (χ2v) is 9.63. The predicted molar refractivity (Wildman–Crippen MR) is 126 cm³/mol. The number of amides is 1. The Morgan fingerprint density at radius 3 is 2.47 bits per heavy atom. The molecular formula is C25H26F3N5O3. The van der Waals surface area contributed by atoms with Gasteiger partial charge in [-0.1, -0.05) is 0 Å². The highest BCUT2D eigenvalue weighted by atomic mass is 19.4. The van der Waals surface area contributed by atoms with Crippen LogP contribution >= 0.6 is 0 Å². The van der Waals surface area contributed by atoms with Crippen LogP contribution in [0.3, 0.4) is 0 Å². The van der Waals surface area contributed by atoms with Gasteiger partial charge in [-0.15, -0.1) is 13.2 Å². The zero-order valence-corrected chi connectivity index (χ0v) is 19.7. The minimum absolute atomic E-state index is 0.105. The number of β-amino-alcohol motifs (C(OH)–C–C–N with tert-alkyl or cyclic N) is 1. The number of hydrogen-bond donors (Lipinski definition) is 1. The van der Waals surface area contributed by atoms with Crippen LogP contribution in [0.15, 0.2) is 42.9 Å². The van der Waals surface area contributed by atoms with Gasteiger partial charge in [0.2, 0.25) is 0 Å². The predicted octanol–water partition coefficient (Wildman–Crippen LogP) is 3.90. The van der Waals surface area contributed by atoms with Crippen molar-refractivity contribution in [1.29, 1.82) is 0 Å². The van der Waals surface area contributed by atoms with Gasteiger partial charge in [-0.2, -0.15) is 0 Å². The minimum atomic E-state index is -4.77. The second-order valence-electron chi connectivity index (χ2n) is 9.63. The molecule has 8 nitrogen and oxygen atoms in total. The third-order valence-corrected chi connectivity index (χ3v) is 6.81. The van der Waals surface area contributed by atoms with Gasteiger partial charge in [-0.05, 0) is 56.5 Å².